The van der Waals surface area contributed by atoms with Gasteiger partial charge >= 0.3 is 0 Å². The zero-order valence-corrected chi connectivity index (χ0v) is 11.4. The first-order valence-electron chi connectivity index (χ1n) is 6.20. The van der Waals surface area contributed by atoms with Crippen molar-refractivity contribution in [3.8, 4) is 5.75 Å². The molecule has 0 amide bonds. The highest BCUT2D eigenvalue weighted by Crippen LogP contribution is 2.17. The molecular formula is C14H21F2NO. The molecule has 1 unspecified atom stereocenters. The average Bonchev–Trinajstić information content (AvgIpc) is 2.25. The van der Waals surface area contributed by atoms with E-state index in [0.717, 1.165) is 12.5 Å². The van der Waals surface area contributed by atoms with Crippen LogP contribution in [0.5, 0.6) is 5.75 Å². The zero-order chi connectivity index (χ0) is 13.8. The molecule has 1 aromatic carbocycles. The second-order valence-corrected chi connectivity index (χ2v) is 5.15. The van der Waals surface area contributed by atoms with E-state index in [9.17, 15) is 8.78 Å². The Morgan fingerprint density at radius 3 is 2.28 bits per heavy atom. The molecule has 0 bridgehead atoms. The number of nitrogens with one attached hydrogen (secondary N) is 1. The van der Waals surface area contributed by atoms with Gasteiger partial charge in [-0.1, -0.05) is 6.92 Å². The molecule has 1 N–H and O–H groups in total. The van der Waals surface area contributed by atoms with Gasteiger partial charge in [0.15, 0.2) is 0 Å². The molecule has 1 atom stereocenters. The van der Waals surface area contributed by atoms with Gasteiger partial charge in [-0.15, -0.1) is 0 Å². The van der Waals surface area contributed by atoms with Crippen molar-refractivity contribution >= 4 is 0 Å². The van der Waals surface area contributed by atoms with Crippen LogP contribution in [0, 0.1) is 11.6 Å². The molecule has 1 rings (SSSR count). The third-order valence-electron chi connectivity index (χ3n) is 2.93. The third kappa shape index (κ3) is 5.00. The standard InChI is InChI=1S/C14H21F2NO/c1-5-14(3,4)17-9-10(2)18-13-7-11(15)6-12(16)8-13/h6-8,10,17H,5,9H2,1-4H3. The molecular weight excluding hydrogens is 236 g/mol. The fourth-order valence-electron chi connectivity index (χ4n) is 1.42. The Kier molecular flexibility index (Phi) is 5.08. The molecule has 0 aliphatic heterocycles. The van der Waals surface area contributed by atoms with Crippen LogP contribution in [0.2, 0.25) is 0 Å². The molecule has 0 aromatic heterocycles. The Morgan fingerprint density at radius 2 is 1.78 bits per heavy atom. The van der Waals surface area contributed by atoms with Crippen LogP contribution in [-0.4, -0.2) is 18.2 Å². The van der Waals surface area contributed by atoms with E-state index in [1.54, 1.807) is 0 Å². The summed E-state index contributed by atoms with van der Waals surface area (Å²) in [6, 6.07) is 3.20. The van der Waals surface area contributed by atoms with Gasteiger partial charge in [0.25, 0.3) is 0 Å². The maximum atomic E-state index is 13.0. The molecule has 0 fully saturated rings. The van der Waals surface area contributed by atoms with Crippen molar-refractivity contribution in [1.82, 2.24) is 5.32 Å². The lowest BCUT2D eigenvalue weighted by molar-refractivity contribution is 0.197. The first kappa shape index (κ1) is 14.9. The van der Waals surface area contributed by atoms with Crippen molar-refractivity contribution in [3.63, 3.8) is 0 Å². The molecule has 4 heteroatoms. The van der Waals surface area contributed by atoms with Gasteiger partial charge in [-0.25, -0.2) is 8.78 Å². The number of rotatable bonds is 6. The average molecular weight is 257 g/mol. The molecule has 0 radical (unpaired) electrons. The number of benzene rings is 1. The molecule has 0 heterocycles. The topological polar surface area (TPSA) is 21.3 Å². The fourth-order valence-corrected chi connectivity index (χ4v) is 1.42. The predicted octanol–water partition coefficient (Wildman–Crippen LogP) is 3.51. The monoisotopic (exact) mass is 257 g/mol. The number of halogens is 2. The molecule has 0 aliphatic carbocycles. The van der Waals surface area contributed by atoms with E-state index in [1.807, 2.05) is 6.92 Å². The molecule has 0 spiro atoms. The number of hydrogen-bond donors (Lipinski definition) is 1. The fraction of sp³-hybridized carbons (Fsp3) is 0.571. The Morgan fingerprint density at radius 1 is 1.22 bits per heavy atom. The van der Waals surface area contributed by atoms with Crippen LogP contribution in [0.15, 0.2) is 18.2 Å². The van der Waals surface area contributed by atoms with Crippen LogP contribution < -0.4 is 10.1 Å². The van der Waals surface area contributed by atoms with Gasteiger partial charge < -0.3 is 10.1 Å². The van der Waals surface area contributed by atoms with Crippen LogP contribution >= 0.6 is 0 Å². The van der Waals surface area contributed by atoms with Crippen LogP contribution in [0.1, 0.15) is 34.1 Å². The van der Waals surface area contributed by atoms with Crippen molar-refractivity contribution in [2.45, 2.75) is 45.8 Å². The van der Waals surface area contributed by atoms with E-state index in [0.29, 0.717) is 6.54 Å². The molecule has 1 aromatic rings. The second-order valence-electron chi connectivity index (χ2n) is 5.15. The highest BCUT2D eigenvalue weighted by Gasteiger charge is 2.16. The van der Waals surface area contributed by atoms with Crippen molar-refractivity contribution < 1.29 is 13.5 Å². The van der Waals surface area contributed by atoms with E-state index in [2.05, 4.69) is 26.1 Å². The molecule has 0 saturated heterocycles. The Hall–Kier alpha value is -1.16. The van der Waals surface area contributed by atoms with E-state index in [1.165, 1.54) is 12.1 Å². The highest BCUT2D eigenvalue weighted by molar-refractivity contribution is 5.24. The lowest BCUT2D eigenvalue weighted by Crippen LogP contribution is -2.43. The first-order valence-corrected chi connectivity index (χ1v) is 6.20. The van der Waals surface area contributed by atoms with E-state index >= 15 is 0 Å². The predicted molar refractivity (Wildman–Crippen MR) is 68.8 cm³/mol. The summed E-state index contributed by atoms with van der Waals surface area (Å²) in [5.74, 6) is -1.03. The second kappa shape index (κ2) is 6.14. The van der Waals surface area contributed by atoms with Gasteiger partial charge in [0.05, 0.1) is 0 Å². The molecule has 0 saturated carbocycles. The van der Waals surface area contributed by atoms with E-state index < -0.39 is 11.6 Å². The number of hydrogen-bond acceptors (Lipinski definition) is 2. The highest BCUT2D eigenvalue weighted by atomic mass is 19.1. The lowest BCUT2D eigenvalue weighted by atomic mass is 10.0. The normalized spacial score (nSPS) is 13.4. The van der Waals surface area contributed by atoms with Crippen molar-refractivity contribution in [3.05, 3.63) is 29.8 Å². The van der Waals surface area contributed by atoms with E-state index in [-0.39, 0.29) is 17.4 Å². The first-order chi connectivity index (χ1) is 8.32. The van der Waals surface area contributed by atoms with Crippen molar-refractivity contribution in [2.75, 3.05) is 6.54 Å². The van der Waals surface area contributed by atoms with Crippen LogP contribution in [0.4, 0.5) is 8.78 Å². The van der Waals surface area contributed by atoms with Gasteiger partial charge in [-0.3, -0.25) is 0 Å². The van der Waals surface area contributed by atoms with E-state index in [4.69, 9.17) is 4.74 Å². The summed E-state index contributed by atoms with van der Waals surface area (Å²) >= 11 is 0. The molecule has 18 heavy (non-hydrogen) atoms. The third-order valence-corrected chi connectivity index (χ3v) is 2.93. The van der Waals surface area contributed by atoms with Gasteiger partial charge in [0.2, 0.25) is 0 Å². The minimum atomic E-state index is -0.626. The summed E-state index contributed by atoms with van der Waals surface area (Å²) in [6.45, 7) is 8.78. The lowest BCUT2D eigenvalue weighted by Gasteiger charge is -2.27. The van der Waals surface area contributed by atoms with Gasteiger partial charge in [-0.05, 0) is 27.2 Å². The van der Waals surface area contributed by atoms with Crippen molar-refractivity contribution in [2.24, 2.45) is 0 Å². The summed E-state index contributed by atoms with van der Waals surface area (Å²) in [7, 11) is 0. The smallest absolute Gasteiger partial charge is 0.129 e. The minimum Gasteiger partial charge on any atom is -0.489 e. The molecule has 0 aliphatic rings. The Labute approximate surface area is 107 Å². The number of ether oxygens (including phenoxy) is 1. The largest absolute Gasteiger partial charge is 0.489 e. The maximum absolute atomic E-state index is 13.0. The van der Waals surface area contributed by atoms with Gasteiger partial charge in [-0.2, -0.15) is 0 Å². The SMILES string of the molecule is CCC(C)(C)NCC(C)Oc1cc(F)cc(F)c1. The Balaban J connectivity index is 2.51. The van der Waals surface area contributed by atoms with Crippen LogP contribution in [0.25, 0.3) is 0 Å². The molecule has 2 nitrogen and oxygen atoms in total. The van der Waals surface area contributed by atoms with Crippen molar-refractivity contribution in [1.29, 1.82) is 0 Å². The van der Waals surface area contributed by atoms with Gasteiger partial charge in [0, 0.05) is 30.3 Å². The maximum Gasteiger partial charge on any atom is 0.129 e. The van der Waals surface area contributed by atoms with Gasteiger partial charge in [0.1, 0.15) is 23.5 Å². The summed E-state index contributed by atoms with van der Waals surface area (Å²) in [5.41, 5.74) is 0.0325. The summed E-state index contributed by atoms with van der Waals surface area (Å²) in [5, 5.41) is 3.35. The summed E-state index contributed by atoms with van der Waals surface area (Å²) in [4.78, 5) is 0. The van der Waals surface area contributed by atoms with Crippen LogP contribution in [-0.2, 0) is 0 Å². The molecule has 102 valence electrons. The zero-order valence-electron chi connectivity index (χ0n) is 11.4. The van der Waals surface area contributed by atoms with Crippen LogP contribution in [0.3, 0.4) is 0 Å². The minimum absolute atomic E-state index is 0.0325. The quantitative estimate of drug-likeness (QED) is 0.842. The summed E-state index contributed by atoms with van der Waals surface area (Å²) < 4.78 is 31.4. The summed E-state index contributed by atoms with van der Waals surface area (Å²) in [6.07, 6.45) is 0.839. The Bertz CT molecular complexity index is 373.